The van der Waals surface area contributed by atoms with Gasteiger partial charge in [-0.1, -0.05) is 0 Å². The predicted octanol–water partition coefficient (Wildman–Crippen LogP) is 0.704. The molecule has 1 aromatic rings. The molecule has 0 unspecified atom stereocenters. The van der Waals surface area contributed by atoms with Gasteiger partial charge in [0.15, 0.2) is 0 Å². The molecule has 0 aromatic carbocycles. The summed E-state index contributed by atoms with van der Waals surface area (Å²) in [6.45, 7) is 3.63. The average Bonchev–Trinajstić information content (AvgIpc) is 2.14. The maximum atomic E-state index is 11.9. The molecule has 0 spiro atoms. The monoisotopic (exact) mass is 208 g/mol. The second-order valence-electron chi connectivity index (χ2n) is 3.91. The van der Waals surface area contributed by atoms with E-state index in [0.29, 0.717) is 0 Å². The van der Waals surface area contributed by atoms with Gasteiger partial charge in [-0.25, -0.2) is 0 Å². The fourth-order valence-corrected chi connectivity index (χ4v) is 1.46. The number of carbonyl (C=O) groups excluding carboxylic acids is 1. The molecule has 0 aliphatic heterocycles. The second-order valence-corrected chi connectivity index (χ2v) is 3.91. The van der Waals surface area contributed by atoms with Crippen LogP contribution in [-0.2, 0) is 7.05 Å². The van der Waals surface area contributed by atoms with Gasteiger partial charge in [-0.3, -0.25) is 9.59 Å². The van der Waals surface area contributed by atoms with Gasteiger partial charge in [-0.15, -0.1) is 0 Å². The molecule has 0 atom stereocenters. The van der Waals surface area contributed by atoms with Crippen molar-refractivity contribution in [1.82, 2.24) is 9.47 Å². The maximum Gasteiger partial charge on any atom is 0.263 e. The lowest BCUT2D eigenvalue weighted by Gasteiger charge is -2.14. The highest BCUT2D eigenvalue weighted by molar-refractivity contribution is 5.94. The smallest absolute Gasteiger partial charge is 0.263 e. The number of hydrogen-bond acceptors (Lipinski definition) is 2. The SMILES string of the molecule is Cc1cc(C)n(C)c(=O)c1C(=O)N(C)C. The first-order valence-electron chi connectivity index (χ1n) is 4.75. The number of amides is 1. The first-order chi connectivity index (χ1) is 6.86. The molecule has 1 aromatic heterocycles. The van der Waals surface area contributed by atoms with Gasteiger partial charge in [0, 0.05) is 26.8 Å². The normalized spacial score (nSPS) is 10.2. The minimum absolute atomic E-state index is 0.230. The third-order valence-electron chi connectivity index (χ3n) is 2.49. The van der Waals surface area contributed by atoms with Crippen molar-refractivity contribution in [3.05, 3.63) is 33.2 Å². The van der Waals surface area contributed by atoms with Crippen LogP contribution in [0.5, 0.6) is 0 Å². The van der Waals surface area contributed by atoms with Gasteiger partial charge >= 0.3 is 0 Å². The van der Waals surface area contributed by atoms with E-state index in [9.17, 15) is 9.59 Å². The number of carbonyl (C=O) groups is 1. The Morgan fingerprint density at radius 1 is 1.33 bits per heavy atom. The van der Waals surface area contributed by atoms with Crippen LogP contribution in [0, 0.1) is 13.8 Å². The lowest BCUT2D eigenvalue weighted by atomic mass is 10.1. The van der Waals surface area contributed by atoms with Gasteiger partial charge in [0.2, 0.25) is 0 Å². The van der Waals surface area contributed by atoms with Crippen LogP contribution < -0.4 is 5.56 Å². The van der Waals surface area contributed by atoms with Crippen molar-refractivity contribution in [3.8, 4) is 0 Å². The van der Waals surface area contributed by atoms with Crippen molar-refractivity contribution in [2.75, 3.05) is 14.1 Å². The van der Waals surface area contributed by atoms with Gasteiger partial charge in [0.1, 0.15) is 5.56 Å². The summed E-state index contributed by atoms with van der Waals surface area (Å²) < 4.78 is 1.49. The molecule has 15 heavy (non-hydrogen) atoms. The number of hydrogen-bond donors (Lipinski definition) is 0. The molecule has 0 saturated carbocycles. The third-order valence-corrected chi connectivity index (χ3v) is 2.49. The number of aryl methyl sites for hydroxylation is 2. The molecule has 0 bridgehead atoms. The Bertz CT molecular complexity index is 458. The molecular weight excluding hydrogens is 192 g/mol. The van der Waals surface area contributed by atoms with Crippen molar-refractivity contribution in [1.29, 1.82) is 0 Å². The van der Waals surface area contributed by atoms with Crippen molar-refractivity contribution < 1.29 is 4.79 Å². The van der Waals surface area contributed by atoms with Gasteiger partial charge in [0.25, 0.3) is 11.5 Å². The number of nitrogens with zero attached hydrogens (tertiary/aromatic N) is 2. The number of rotatable bonds is 1. The van der Waals surface area contributed by atoms with Crippen molar-refractivity contribution >= 4 is 5.91 Å². The zero-order valence-corrected chi connectivity index (χ0v) is 9.79. The van der Waals surface area contributed by atoms with Crippen LogP contribution in [-0.4, -0.2) is 29.5 Å². The topological polar surface area (TPSA) is 42.3 Å². The Balaban J connectivity index is 3.50. The van der Waals surface area contributed by atoms with Crippen molar-refractivity contribution in [2.45, 2.75) is 13.8 Å². The Labute approximate surface area is 89.1 Å². The molecule has 82 valence electrons. The zero-order valence-electron chi connectivity index (χ0n) is 9.79. The van der Waals surface area contributed by atoms with E-state index in [0.717, 1.165) is 11.3 Å². The first kappa shape index (κ1) is 11.5. The van der Waals surface area contributed by atoms with Crippen LogP contribution in [0.4, 0.5) is 0 Å². The zero-order chi connectivity index (χ0) is 11.7. The van der Waals surface area contributed by atoms with Crippen LogP contribution in [0.25, 0.3) is 0 Å². The molecular formula is C11H16N2O2. The molecule has 0 radical (unpaired) electrons. The Kier molecular flexibility index (Phi) is 2.98. The minimum Gasteiger partial charge on any atom is -0.345 e. The highest BCUT2D eigenvalue weighted by Crippen LogP contribution is 2.06. The summed E-state index contributed by atoms with van der Waals surface area (Å²) in [6, 6.07) is 1.85. The second kappa shape index (κ2) is 3.88. The maximum absolute atomic E-state index is 11.9. The molecule has 1 amide bonds. The fraction of sp³-hybridized carbons (Fsp3) is 0.455. The van der Waals surface area contributed by atoms with Gasteiger partial charge < -0.3 is 9.47 Å². The Morgan fingerprint density at radius 2 is 1.87 bits per heavy atom. The van der Waals surface area contributed by atoms with E-state index in [4.69, 9.17) is 0 Å². The van der Waals surface area contributed by atoms with E-state index in [-0.39, 0.29) is 17.0 Å². The average molecular weight is 208 g/mol. The Hall–Kier alpha value is -1.58. The summed E-state index contributed by atoms with van der Waals surface area (Å²) in [6.07, 6.45) is 0. The largest absolute Gasteiger partial charge is 0.345 e. The van der Waals surface area contributed by atoms with Crippen LogP contribution in [0.2, 0.25) is 0 Å². The highest BCUT2D eigenvalue weighted by Gasteiger charge is 2.17. The molecule has 0 aliphatic carbocycles. The van der Waals surface area contributed by atoms with E-state index >= 15 is 0 Å². The Morgan fingerprint density at radius 3 is 2.33 bits per heavy atom. The third kappa shape index (κ3) is 1.93. The fourth-order valence-electron chi connectivity index (χ4n) is 1.46. The molecule has 1 heterocycles. The van der Waals surface area contributed by atoms with Gasteiger partial charge in [-0.2, -0.15) is 0 Å². The van der Waals surface area contributed by atoms with E-state index in [1.807, 2.05) is 13.0 Å². The minimum atomic E-state index is -0.242. The first-order valence-corrected chi connectivity index (χ1v) is 4.75. The van der Waals surface area contributed by atoms with E-state index in [1.54, 1.807) is 28.1 Å². The summed E-state index contributed by atoms with van der Waals surface area (Å²) >= 11 is 0. The lowest BCUT2D eigenvalue weighted by Crippen LogP contribution is -2.33. The number of pyridine rings is 1. The van der Waals surface area contributed by atoms with E-state index < -0.39 is 0 Å². The molecule has 4 nitrogen and oxygen atoms in total. The van der Waals surface area contributed by atoms with E-state index in [1.165, 1.54) is 9.47 Å². The summed E-state index contributed by atoms with van der Waals surface area (Å²) in [5.74, 6) is -0.242. The van der Waals surface area contributed by atoms with Gasteiger partial charge in [-0.05, 0) is 25.5 Å². The summed E-state index contributed by atoms with van der Waals surface area (Å²) in [7, 11) is 4.95. The summed E-state index contributed by atoms with van der Waals surface area (Å²) in [5.41, 5.74) is 1.61. The van der Waals surface area contributed by atoms with Crippen molar-refractivity contribution in [3.63, 3.8) is 0 Å². The van der Waals surface area contributed by atoms with E-state index in [2.05, 4.69) is 0 Å². The molecule has 0 aliphatic rings. The molecule has 0 fully saturated rings. The van der Waals surface area contributed by atoms with Crippen LogP contribution in [0.3, 0.4) is 0 Å². The summed E-state index contributed by atoms with van der Waals surface area (Å²) in [4.78, 5) is 25.0. The lowest BCUT2D eigenvalue weighted by molar-refractivity contribution is 0.0824. The quantitative estimate of drug-likeness (QED) is 0.682. The van der Waals surface area contributed by atoms with Crippen LogP contribution >= 0.6 is 0 Å². The van der Waals surface area contributed by atoms with Crippen molar-refractivity contribution in [2.24, 2.45) is 7.05 Å². The van der Waals surface area contributed by atoms with Crippen LogP contribution in [0.1, 0.15) is 21.6 Å². The summed E-state index contributed by atoms with van der Waals surface area (Å²) in [5, 5.41) is 0. The molecule has 0 N–H and O–H groups in total. The predicted molar refractivity (Wildman–Crippen MR) is 59.2 cm³/mol. The number of aromatic nitrogens is 1. The van der Waals surface area contributed by atoms with Crippen LogP contribution in [0.15, 0.2) is 10.9 Å². The molecule has 0 saturated heterocycles. The van der Waals surface area contributed by atoms with Gasteiger partial charge in [0.05, 0.1) is 0 Å². The molecule has 1 rings (SSSR count). The highest BCUT2D eigenvalue weighted by atomic mass is 16.2. The molecule has 4 heteroatoms. The standard InChI is InChI=1S/C11H16N2O2/c1-7-6-8(2)13(5)11(15)9(7)10(14)12(3)4/h6H,1-5H3.